The Hall–Kier alpha value is -2.98. The van der Waals surface area contributed by atoms with Crippen LogP contribution in [0, 0.1) is 17.0 Å². The maximum absolute atomic E-state index is 13.2. The van der Waals surface area contributed by atoms with Crippen molar-refractivity contribution in [2.24, 2.45) is 0 Å². The SMILES string of the molecule is Cc1cc(OCCOC2CCCCO2)ccc1C(=O)c1ccc(Nc2ccc(Br)cc2[N+](=O)[O-])cc1Cl. The second-order valence-corrected chi connectivity index (χ2v) is 9.88. The summed E-state index contributed by atoms with van der Waals surface area (Å²) in [5, 5.41) is 14.6. The lowest BCUT2D eigenvalue weighted by Crippen LogP contribution is -2.24. The molecule has 0 bridgehead atoms. The van der Waals surface area contributed by atoms with E-state index in [2.05, 4.69) is 21.2 Å². The molecule has 0 saturated carbocycles. The number of nitrogens with zero attached hydrogens (tertiary/aromatic N) is 1. The molecule has 0 aromatic heterocycles. The number of hydrogen-bond acceptors (Lipinski definition) is 7. The van der Waals surface area contributed by atoms with E-state index in [0.29, 0.717) is 45.9 Å². The quantitative estimate of drug-likeness (QED) is 0.115. The molecule has 1 atom stereocenters. The van der Waals surface area contributed by atoms with Gasteiger partial charge >= 0.3 is 0 Å². The highest BCUT2D eigenvalue weighted by Gasteiger charge is 2.18. The van der Waals surface area contributed by atoms with E-state index in [1.54, 1.807) is 48.5 Å². The van der Waals surface area contributed by atoms with Gasteiger partial charge in [-0.15, -0.1) is 0 Å². The number of carbonyl (C=O) groups is 1. The molecule has 4 rings (SSSR count). The average molecular weight is 590 g/mol. The van der Waals surface area contributed by atoms with Crippen molar-refractivity contribution in [3.63, 3.8) is 0 Å². The zero-order valence-electron chi connectivity index (χ0n) is 20.2. The van der Waals surface area contributed by atoms with Gasteiger partial charge in [-0.25, -0.2) is 0 Å². The topological polar surface area (TPSA) is 99.9 Å². The number of nitrogens with one attached hydrogen (secondary N) is 1. The number of benzene rings is 3. The molecule has 0 spiro atoms. The number of rotatable bonds is 10. The fourth-order valence-electron chi connectivity index (χ4n) is 4.00. The summed E-state index contributed by atoms with van der Waals surface area (Å²) < 4.78 is 17.6. The highest BCUT2D eigenvalue weighted by molar-refractivity contribution is 9.10. The van der Waals surface area contributed by atoms with E-state index in [1.807, 2.05) is 6.92 Å². The first-order chi connectivity index (χ1) is 17.8. The van der Waals surface area contributed by atoms with Crippen molar-refractivity contribution in [3.05, 3.63) is 90.9 Å². The third-order valence-corrected chi connectivity index (χ3v) is 6.69. The molecule has 1 aliphatic rings. The van der Waals surface area contributed by atoms with Crippen molar-refractivity contribution >= 4 is 50.4 Å². The van der Waals surface area contributed by atoms with Gasteiger partial charge in [0.25, 0.3) is 5.69 Å². The van der Waals surface area contributed by atoms with Gasteiger partial charge in [-0.05, 0) is 80.3 Å². The molecule has 1 N–H and O–H groups in total. The van der Waals surface area contributed by atoms with Crippen molar-refractivity contribution in [2.75, 3.05) is 25.1 Å². The van der Waals surface area contributed by atoms with Crippen LogP contribution in [0.2, 0.25) is 5.02 Å². The van der Waals surface area contributed by atoms with Crippen LogP contribution in [0.4, 0.5) is 17.1 Å². The van der Waals surface area contributed by atoms with Crippen LogP contribution in [0.15, 0.2) is 59.1 Å². The summed E-state index contributed by atoms with van der Waals surface area (Å²) in [5.74, 6) is 0.414. The number of nitro groups is 1. The molecule has 1 fully saturated rings. The Morgan fingerprint density at radius 1 is 1.14 bits per heavy atom. The second-order valence-electron chi connectivity index (χ2n) is 8.56. The summed E-state index contributed by atoms with van der Waals surface area (Å²) in [7, 11) is 0. The Bertz CT molecular complexity index is 1300. The minimum atomic E-state index is -0.471. The number of carbonyl (C=O) groups excluding carboxylic acids is 1. The van der Waals surface area contributed by atoms with E-state index in [0.717, 1.165) is 31.4 Å². The van der Waals surface area contributed by atoms with E-state index < -0.39 is 4.92 Å². The van der Waals surface area contributed by atoms with Crippen molar-refractivity contribution in [1.29, 1.82) is 0 Å². The highest BCUT2D eigenvalue weighted by Crippen LogP contribution is 2.32. The van der Waals surface area contributed by atoms with Crippen LogP contribution in [0.25, 0.3) is 0 Å². The van der Waals surface area contributed by atoms with E-state index in [4.69, 9.17) is 25.8 Å². The molecule has 1 saturated heterocycles. The normalized spacial score (nSPS) is 15.3. The number of ether oxygens (including phenoxy) is 3. The van der Waals surface area contributed by atoms with Gasteiger partial charge in [-0.1, -0.05) is 27.5 Å². The van der Waals surface area contributed by atoms with E-state index in [9.17, 15) is 14.9 Å². The summed E-state index contributed by atoms with van der Waals surface area (Å²) >= 11 is 9.69. The first kappa shape index (κ1) is 27.1. The molecule has 0 radical (unpaired) electrons. The number of ketones is 1. The standard InChI is InChI=1S/C27H26BrClN2O6/c1-17-14-20(35-12-13-37-26-4-2-3-11-36-26)7-9-21(17)27(32)22-8-6-19(16-23(22)29)30-24-10-5-18(28)15-25(24)31(33)34/h5-10,14-16,26,30H,2-4,11-13H2,1H3. The lowest BCUT2D eigenvalue weighted by molar-refractivity contribution is -0.384. The molecule has 0 amide bonds. The Labute approximate surface area is 228 Å². The van der Waals surface area contributed by atoms with Crippen LogP contribution in [0.5, 0.6) is 5.75 Å². The third-order valence-electron chi connectivity index (χ3n) is 5.89. The summed E-state index contributed by atoms with van der Waals surface area (Å²) in [5.41, 5.74) is 2.33. The molecule has 0 aliphatic carbocycles. The minimum absolute atomic E-state index is 0.0857. The van der Waals surface area contributed by atoms with Crippen molar-refractivity contribution in [1.82, 2.24) is 0 Å². The molecular formula is C27H26BrClN2O6. The van der Waals surface area contributed by atoms with Gasteiger partial charge in [0.2, 0.25) is 0 Å². The first-order valence-electron chi connectivity index (χ1n) is 11.8. The van der Waals surface area contributed by atoms with Crippen LogP contribution in [0.3, 0.4) is 0 Å². The van der Waals surface area contributed by atoms with Crippen molar-refractivity contribution < 1.29 is 23.9 Å². The second kappa shape index (κ2) is 12.5. The van der Waals surface area contributed by atoms with Gasteiger partial charge in [-0.3, -0.25) is 14.9 Å². The Morgan fingerprint density at radius 2 is 1.95 bits per heavy atom. The van der Waals surface area contributed by atoms with Gasteiger partial charge in [0, 0.05) is 34.0 Å². The Balaban J connectivity index is 1.39. The monoisotopic (exact) mass is 588 g/mol. The average Bonchev–Trinajstić information content (AvgIpc) is 2.88. The van der Waals surface area contributed by atoms with Crippen LogP contribution >= 0.6 is 27.5 Å². The number of anilines is 2. The molecule has 37 heavy (non-hydrogen) atoms. The summed E-state index contributed by atoms with van der Waals surface area (Å²) in [4.78, 5) is 24.1. The number of halogens is 2. The number of nitro benzene ring substituents is 1. The lowest BCUT2D eigenvalue weighted by atomic mass is 9.98. The smallest absolute Gasteiger partial charge is 0.293 e. The van der Waals surface area contributed by atoms with E-state index in [1.165, 1.54) is 6.07 Å². The maximum atomic E-state index is 13.2. The lowest BCUT2D eigenvalue weighted by Gasteiger charge is -2.22. The van der Waals surface area contributed by atoms with Crippen molar-refractivity contribution in [3.8, 4) is 5.75 Å². The summed E-state index contributed by atoms with van der Waals surface area (Å²) in [6.45, 7) is 3.37. The molecule has 1 unspecified atom stereocenters. The van der Waals surface area contributed by atoms with Crippen LogP contribution in [0.1, 0.15) is 40.7 Å². The molecule has 10 heteroatoms. The molecule has 8 nitrogen and oxygen atoms in total. The van der Waals surface area contributed by atoms with Gasteiger partial charge in [0.05, 0.1) is 16.6 Å². The fourth-order valence-corrected chi connectivity index (χ4v) is 4.62. The number of hydrogen-bond donors (Lipinski definition) is 1. The molecule has 194 valence electrons. The zero-order chi connectivity index (χ0) is 26.4. The van der Waals surface area contributed by atoms with Crippen LogP contribution in [-0.4, -0.2) is 36.8 Å². The molecular weight excluding hydrogens is 564 g/mol. The predicted molar refractivity (Wildman–Crippen MR) is 145 cm³/mol. The molecule has 3 aromatic carbocycles. The maximum Gasteiger partial charge on any atom is 0.293 e. The minimum Gasteiger partial charge on any atom is -0.491 e. The third kappa shape index (κ3) is 7.07. The van der Waals surface area contributed by atoms with Crippen molar-refractivity contribution in [2.45, 2.75) is 32.5 Å². The molecule has 1 aliphatic heterocycles. The molecule has 3 aromatic rings. The van der Waals surface area contributed by atoms with E-state index in [-0.39, 0.29) is 22.8 Å². The van der Waals surface area contributed by atoms with Gasteiger partial charge in [0.15, 0.2) is 12.1 Å². The fraction of sp³-hybridized carbons (Fsp3) is 0.296. The predicted octanol–water partition coefficient (Wildman–Crippen LogP) is 7.22. The van der Waals surface area contributed by atoms with E-state index >= 15 is 0 Å². The highest BCUT2D eigenvalue weighted by atomic mass is 79.9. The summed E-state index contributed by atoms with van der Waals surface area (Å²) in [6, 6.07) is 14.8. The number of aryl methyl sites for hydroxylation is 1. The first-order valence-corrected chi connectivity index (χ1v) is 13.0. The van der Waals surface area contributed by atoms with Crippen LogP contribution in [-0.2, 0) is 9.47 Å². The summed E-state index contributed by atoms with van der Waals surface area (Å²) in [6.07, 6.45) is 2.93. The van der Waals surface area contributed by atoms with Gasteiger partial charge in [0.1, 0.15) is 18.0 Å². The van der Waals surface area contributed by atoms with Crippen LogP contribution < -0.4 is 10.1 Å². The van der Waals surface area contributed by atoms with Gasteiger partial charge < -0.3 is 19.5 Å². The Morgan fingerprint density at radius 3 is 2.65 bits per heavy atom. The Kier molecular flexibility index (Phi) is 9.15. The van der Waals surface area contributed by atoms with Gasteiger partial charge in [-0.2, -0.15) is 0 Å². The zero-order valence-corrected chi connectivity index (χ0v) is 22.5. The largest absolute Gasteiger partial charge is 0.491 e. The molecule has 1 heterocycles.